The van der Waals surface area contributed by atoms with Gasteiger partial charge in [-0.1, -0.05) is 12.1 Å². The Kier molecular flexibility index (Phi) is 4.94. The van der Waals surface area contributed by atoms with Gasteiger partial charge in [0.1, 0.15) is 6.07 Å². The van der Waals surface area contributed by atoms with Crippen molar-refractivity contribution in [2.24, 2.45) is 0 Å². The fraction of sp³-hybridized carbons (Fsp3) is 0.429. The monoisotopic (exact) mass is 307 g/mol. The van der Waals surface area contributed by atoms with Crippen molar-refractivity contribution in [1.29, 1.82) is 5.26 Å². The standard InChI is InChI=1S/C14H17N3O3S/c15-10-12-6-2-3-7-13(12)21(19,20)16-11-14(18)17-8-4-1-5-9-17/h2-3,6-7,16H,1,4-5,8-9,11H2. The van der Waals surface area contributed by atoms with Crippen molar-refractivity contribution in [2.45, 2.75) is 24.2 Å². The van der Waals surface area contributed by atoms with E-state index in [0.29, 0.717) is 13.1 Å². The van der Waals surface area contributed by atoms with E-state index < -0.39 is 10.0 Å². The van der Waals surface area contributed by atoms with E-state index in [0.717, 1.165) is 19.3 Å². The normalized spacial score (nSPS) is 15.5. The molecule has 0 aromatic heterocycles. The van der Waals surface area contributed by atoms with Gasteiger partial charge in [-0.25, -0.2) is 13.1 Å². The van der Waals surface area contributed by atoms with Crippen LogP contribution >= 0.6 is 0 Å². The molecule has 0 atom stereocenters. The van der Waals surface area contributed by atoms with Gasteiger partial charge in [-0.15, -0.1) is 0 Å². The molecular formula is C14H17N3O3S. The minimum Gasteiger partial charge on any atom is -0.342 e. The van der Waals surface area contributed by atoms with E-state index in [1.54, 1.807) is 17.0 Å². The largest absolute Gasteiger partial charge is 0.342 e. The van der Waals surface area contributed by atoms with Crippen LogP contribution in [0.4, 0.5) is 0 Å². The molecule has 1 saturated heterocycles. The minimum atomic E-state index is -3.86. The number of nitriles is 1. The Balaban J connectivity index is 2.04. The van der Waals surface area contributed by atoms with Gasteiger partial charge in [0, 0.05) is 13.1 Å². The van der Waals surface area contributed by atoms with Crippen LogP contribution in [0.25, 0.3) is 0 Å². The summed E-state index contributed by atoms with van der Waals surface area (Å²) in [4.78, 5) is 13.5. The van der Waals surface area contributed by atoms with Crippen LogP contribution in [0.1, 0.15) is 24.8 Å². The predicted molar refractivity (Wildman–Crippen MR) is 76.8 cm³/mol. The summed E-state index contributed by atoms with van der Waals surface area (Å²) >= 11 is 0. The number of hydrogen-bond acceptors (Lipinski definition) is 4. The lowest BCUT2D eigenvalue weighted by Gasteiger charge is -2.26. The number of hydrogen-bond donors (Lipinski definition) is 1. The molecule has 21 heavy (non-hydrogen) atoms. The molecule has 0 saturated carbocycles. The molecule has 0 aliphatic carbocycles. The highest BCUT2D eigenvalue weighted by atomic mass is 32.2. The first kappa shape index (κ1) is 15.5. The molecule has 1 amide bonds. The molecule has 1 fully saturated rings. The molecular weight excluding hydrogens is 290 g/mol. The molecule has 1 N–H and O–H groups in total. The average molecular weight is 307 g/mol. The van der Waals surface area contributed by atoms with Crippen LogP contribution < -0.4 is 4.72 Å². The first-order valence-electron chi connectivity index (χ1n) is 6.81. The Morgan fingerprint density at radius 3 is 2.57 bits per heavy atom. The molecule has 7 heteroatoms. The first-order chi connectivity index (χ1) is 10.0. The summed E-state index contributed by atoms with van der Waals surface area (Å²) in [6.45, 7) is 1.08. The molecule has 0 bridgehead atoms. The van der Waals surface area contributed by atoms with Crippen molar-refractivity contribution >= 4 is 15.9 Å². The van der Waals surface area contributed by atoms with Gasteiger partial charge in [0.2, 0.25) is 15.9 Å². The molecule has 1 aliphatic heterocycles. The topological polar surface area (TPSA) is 90.3 Å². The molecule has 112 valence electrons. The first-order valence-corrected chi connectivity index (χ1v) is 8.29. The fourth-order valence-electron chi connectivity index (χ4n) is 2.28. The van der Waals surface area contributed by atoms with E-state index in [-0.39, 0.29) is 22.9 Å². The van der Waals surface area contributed by atoms with Crippen LogP contribution in [0.3, 0.4) is 0 Å². The van der Waals surface area contributed by atoms with E-state index in [1.165, 1.54) is 12.1 Å². The van der Waals surface area contributed by atoms with E-state index in [4.69, 9.17) is 5.26 Å². The van der Waals surface area contributed by atoms with Gasteiger partial charge in [-0.05, 0) is 31.4 Å². The van der Waals surface area contributed by atoms with Crippen molar-refractivity contribution in [3.05, 3.63) is 29.8 Å². The number of nitrogens with one attached hydrogen (secondary N) is 1. The molecule has 1 aliphatic rings. The van der Waals surface area contributed by atoms with Crippen LogP contribution in [-0.4, -0.2) is 38.9 Å². The molecule has 1 aromatic rings. The van der Waals surface area contributed by atoms with Crippen molar-refractivity contribution < 1.29 is 13.2 Å². The molecule has 1 heterocycles. The van der Waals surface area contributed by atoms with Crippen LogP contribution in [-0.2, 0) is 14.8 Å². The highest BCUT2D eigenvalue weighted by Crippen LogP contribution is 2.14. The summed E-state index contributed by atoms with van der Waals surface area (Å²) in [5.74, 6) is -0.229. The van der Waals surface area contributed by atoms with Crippen molar-refractivity contribution in [3.63, 3.8) is 0 Å². The maximum atomic E-state index is 12.2. The molecule has 0 radical (unpaired) electrons. The number of carbonyl (C=O) groups is 1. The number of amides is 1. The summed E-state index contributed by atoms with van der Waals surface area (Å²) in [6.07, 6.45) is 3.01. The zero-order valence-corrected chi connectivity index (χ0v) is 12.4. The number of nitrogens with zero attached hydrogens (tertiary/aromatic N) is 2. The maximum Gasteiger partial charge on any atom is 0.242 e. The van der Waals surface area contributed by atoms with Crippen molar-refractivity contribution in [3.8, 4) is 6.07 Å². The number of rotatable bonds is 4. The van der Waals surface area contributed by atoms with Gasteiger partial charge in [0.05, 0.1) is 17.0 Å². The smallest absolute Gasteiger partial charge is 0.242 e. The van der Waals surface area contributed by atoms with Gasteiger partial charge in [0.25, 0.3) is 0 Å². The number of sulfonamides is 1. The van der Waals surface area contributed by atoms with Gasteiger partial charge < -0.3 is 4.90 Å². The quantitative estimate of drug-likeness (QED) is 0.893. The van der Waals surface area contributed by atoms with E-state index in [9.17, 15) is 13.2 Å². The third-order valence-electron chi connectivity index (χ3n) is 3.42. The molecule has 1 aromatic carbocycles. The van der Waals surface area contributed by atoms with Crippen LogP contribution in [0.2, 0.25) is 0 Å². The summed E-state index contributed by atoms with van der Waals surface area (Å²) in [7, 11) is -3.86. The SMILES string of the molecule is N#Cc1ccccc1S(=O)(=O)NCC(=O)N1CCCCC1. The zero-order chi connectivity index (χ0) is 15.3. The maximum absolute atomic E-state index is 12.2. The molecule has 0 spiro atoms. The van der Waals surface area contributed by atoms with Crippen LogP contribution in [0.5, 0.6) is 0 Å². The minimum absolute atomic E-state index is 0.0652. The number of carbonyl (C=O) groups excluding carboxylic acids is 1. The van der Waals surface area contributed by atoms with Crippen molar-refractivity contribution in [1.82, 2.24) is 9.62 Å². The summed E-state index contributed by atoms with van der Waals surface area (Å²) in [5, 5.41) is 8.95. The lowest BCUT2D eigenvalue weighted by molar-refractivity contribution is -0.130. The second-order valence-electron chi connectivity index (χ2n) is 4.87. The summed E-state index contributed by atoms with van der Waals surface area (Å²) in [5.41, 5.74) is 0.0652. The summed E-state index contributed by atoms with van der Waals surface area (Å²) in [6, 6.07) is 7.76. The van der Waals surface area contributed by atoms with Gasteiger partial charge in [-0.2, -0.15) is 5.26 Å². The Morgan fingerprint density at radius 2 is 1.90 bits per heavy atom. The number of piperidine rings is 1. The van der Waals surface area contributed by atoms with Crippen LogP contribution in [0.15, 0.2) is 29.2 Å². The number of likely N-dealkylation sites (tertiary alicyclic amines) is 1. The molecule has 2 rings (SSSR count). The zero-order valence-electron chi connectivity index (χ0n) is 11.6. The predicted octanol–water partition coefficient (Wildman–Crippen LogP) is 0.849. The fourth-order valence-corrected chi connectivity index (χ4v) is 3.41. The highest BCUT2D eigenvalue weighted by Gasteiger charge is 2.22. The lowest BCUT2D eigenvalue weighted by Crippen LogP contribution is -2.42. The molecule has 0 unspecified atom stereocenters. The van der Waals surface area contributed by atoms with E-state index in [2.05, 4.69) is 4.72 Å². The van der Waals surface area contributed by atoms with E-state index in [1.807, 2.05) is 6.07 Å². The lowest BCUT2D eigenvalue weighted by atomic mass is 10.1. The molecule has 6 nitrogen and oxygen atoms in total. The Hall–Kier alpha value is -1.91. The summed E-state index contributed by atoms with van der Waals surface area (Å²) < 4.78 is 26.6. The second kappa shape index (κ2) is 6.70. The van der Waals surface area contributed by atoms with Gasteiger partial charge >= 0.3 is 0 Å². The Labute approximate surface area is 124 Å². The van der Waals surface area contributed by atoms with Crippen LogP contribution in [0, 0.1) is 11.3 Å². The van der Waals surface area contributed by atoms with Gasteiger partial charge in [-0.3, -0.25) is 4.79 Å². The van der Waals surface area contributed by atoms with Crippen molar-refractivity contribution in [2.75, 3.05) is 19.6 Å². The van der Waals surface area contributed by atoms with Gasteiger partial charge in [0.15, 0.2) is 0 Å². The third kappa shape index (κ3) is 3.80. The Bertz CT molecular complexity index is 658. The second-order valence-corrected chi connectivity index (χ2v) is 6.61. The third-order valence-corrected chi connectivity index (χ3v) is 4.88. The Morgan fingerprint density at radius 1 is 1.24 bits per heavy atom. The average Bonchev–Trinajstić information content (AvgIpc) is 2.53. The van der Waals surface area contributed by atoms with E-state index >= 15 is 0 Å². The highest BCUT2D eigenvalue weighted by molar-refractivity contribution is 7.89. The number of benzene rings is 1.